The Morgan fingerprint density at radius 1 is 1.47 bits per heavy atom. The summed E-state index contributed by atoms with van der Waals surface area (Å²) in [5.41, 5.74) is 0. The molecule has 0 aliphatic rings. The Bertz CT molecular complexity index is 289. The zero-order chi connectivity index (χ0) is 11.3. The summed E-state index contributed by atoms with van der Waals surface area (Å²) in [6, 6.07) is 0. The molecule has 1 rings (SSSR count). The van der Waals surface area contributed by atoms with Gasteiger partial charge in [0.05, 0.1) is 19.3 Å². The molecule has 1 N–H and O–H groups in total. The number of tetrazole rings is 1. The Balaban J connectivity index is 2.49. The van der Waals surface area contributed by atoms with Crippen LogP contribution in [0.25, 0.3) is 0 Å². The molecule has 1 heterocycles. The van der Waals surface area contributed by atoms with Crippen LogP contribution in [0.4, 0.5) is 0 Å². The topological polar surface area (TPSA) is 73.1 Å². The van der Waals surface area contributed by atoms with Gasteiger partial charge in [0.2, 0.25) is 0 Å². The van der Waals surface area contributed by atoms with Gasteiger partial charge in [-0.1, -0.05) is 6.92 Å². The highest BCUT2D eigenvalue weighted by atomic mass is 16.5. The van der Waals surface area contributed by atoms with E-state index in [4.69, 9.17) is 4.74 Å². The second kappa shape index (κ2) is 5.77. The van der Waals surface area contributed by atoms with Gasteiger partial charge >= 0.3 is 0 Å². The number of hydrogen-bond donors (Lipinski definition) is 1. The molecule has 86 valence electrons. The van der Waals surface area contributed by atoms with Gasteiger partial charge in [0.1, 0.15) is 0 Å². The lowest BCUT2D eigenvalue weighted by Gasteiger charge is -2.20. The number of rotatable bonds is 6. The highest BCUT2D eigenvalue weighted by Gasteiger charge is 2.19. The molecule has 0 amide bonds. The van der Waals surface area contributed by atoms with Gasteiger partial charge in [0, 0.05) is 13.0 Å². The van der Waals surface area contributed by atoms with Gasteiger partial charge in [-0.15, -0.1) is 10.2 Å². The summed E-state index contributed by atoms with van der Waals surface area (Å²) in [6.45, 7) is 4.49. The van der Waals surface area contributed by atoms with Crippen LogP contribution in [-0.2, 0) is 18.2 Å². The first-order valence-corrected chi connectivity index (χ1v) is 5.19. The van der Waals surface area contributed by atoms with Crippen LogP contribution in [-0.4, -0.2) is 44.1 Å². The third kappa shape index (κ3) is 3.56. The van der Waals surface area contributed by atoms with Gasteiger partial charge in [-0.05, 0) is 18.6 Å². The van der Waals surface area contributed by atoms with Crippen LogP contribution in [0.2, 0.25) is 0 Å². The molecule has 6 heteroatoms. The molecule has 0 saturated heterocycles. The molecule has 1 aromatic heterocycles. The fourth-order valence-corrected chi connectivity index (χ4v) is 1.44. The first-order chi connectivity index (χ1) is 7.17. The molecule has 0 saturated carbocycles. The van der Waals surface area contributed by atoms with Crippen LogP contribution in [0.5, 0.6) is 0 Å². The zero-order valence-corrected chi connectivity index (χ0v) is 9.42. The van der Waals surface area contributed by atoms with Crippen molar-refractivity contribution in [3.63, 3.8) is 0 Å². The highest BCUT2D eigenvalue weighted by Crippen LogP contribution is 2.08. The third-order valence-electron chi connectivity index (χ3n) is 2.15. The molecular weight excluding hydrogens is 196 g/mol. The summed E-state index contributed by atoms with van der Waals surface area (Å²) in [6.07, 6.45) is 0.430. The van der Waals surface area contributed by atoms with Crippen molar-refractivity contribution in [2.75, 3.05) is 6.61 Å². The molecule has 2 atom stereocenters. The molecule has 15 heavy (non-hydrogen) atoms. The standard InChI is InChI=1S/C9H18N4O2/c1-4-8(15-5-2)7(14)6-9-10-12-13(3)11-9/h7-8,14H,4-6H2,1-3H3. The van der Waals surface area contributed by atoms with Crippen molar-refractivity contribution >= 4 is 0 Å². The van der Waals surface area contributed by atoms with E-state index in [1.54, 1.807) is 7.05 Å². The van der Waals surface area contributed by atoms with Gasteiger partial charge in [-0.2, -0.15) is 4.80 Å². The van der Waals surface area contributed by atoms with E-state index in [0.29, 0.717) is 18.9 Å². The molecule has 0 radical (unpaired) electrons. The van der Waals surface area contributed by atoms with Crippen molar-refractivity contribution in [3.8, 4) is 0 Å². The lowest BCUT2D eigenvalue weighted by Crippen LogP contribution is -2.30. The number of aliphatic hydroxyl groups is 1. The van der Waals surface area contributed by atoms with E-state index in [1.165, 1.54) is 4.80 Å². The molecule has 0 aromatic carbocycles. The summed E-state index contributed by atoms with van der Waals surface area (Å²) in [5, 5.41) is 21.4. The third-order valence-corrected chi connectivity index (χ3v) is 2.15. The van der Waals surface area contributed by atoms with Crippen LogP contribution in [0.3, 0.4) is 0 Å². The van der Waals surface area contributed by atoms with Crippen LogP contribution < -0.4 is 0 Å². The van der Waals surface area contributed by atoms with Gasteiger partial charge in [0.15, 0.2) is 5.82 Å². The highest BCUT2D eigenvalue weighted by molar-refractivity contribution is 4.84. The summed E-state index contributed by atoms with van der Waals surface area (Å²) in [7, 11) is 1.70. The Labute approximate surface area is 89.2 Å². The molecule has 0 bridgehead atoms. The minimum Gasteiger partial charge on any atom is -0.390 e. The van der Waals surface area contributed by atoms with E-state index < -0.39 is 6.10 Å². The Kier molecular flexibility index (Phi) is 4.64. The first-order valence-electron chi connectivity index (χ1n) is 5.19. The summed E-state index contributed by atoms with van der Waals surface area (Å²) >= 11 is 0. The van der Waals surface area contributed by atoms with E-state index in [1.807, 2.05) is 13.8 Å². The fourth-order valence-electron chi connectivity index (χ4n) is 1.44. The smallest absolute Gasteiger partial charge is 0.177 e. The number of ether oxygens (including phenoxy) is 1. The normalized spacial score (nSPS) is 15.2. The number of aromatic nitrogens is 4. The Morgan fingerprint density at radius 2 is 2.20 bits per heavy atom. The Morgan fingerprint density at radius 3 is 2.67 bits per heavy atom. The van der Waals surface area contributed by atoms with Crippen molar-refractivity contribution in [3.05, 3.63) is 5.82 Å². The van der Waals surface area contributed by atoms with Crippen molar-refractivity contribution < 1.29 is 9.84 Å². The lowest BCUT2D eigenvalue weighted by molar-refractivity contribution is -0.0342. The molecular formula is C9H18N4O2. The predicted molar refractivity (Wildman–Crippen MR) is 54.2 cm³/mol. The molecule has 2 unspecified atom stereocenters. The molecule has 0 fully saturated rings. The van der Waals surface area contributed by atoms with Crippen molar-refractivity contribution in [2.45, 2.75) is 38.9 Å². The second-order valence-electron chi connectivity index (χ2n) is 3.37. The number of aliphatic hydroxyl groups excluding tert-OH is 1. The van der Waals surface area contributed by atoms with Gasteiger partial charge in [0.25, 0.3) is 0 Å². The average molecular weight is 214 g/mol. The van der Waals surface area contributed by atoms with Gasteiger partial charge < -0.3 is 9.84 Å². The molecule has 0 aliphatic carbocycles. The fraction of sp³-hybridized carbons (Fsp3) is 0.889. The molecule has 6 nitrogen and oxygen atoms in total. The monoisotopic (exact) mass is 214 g/mol. The van der Waals surface area contributed by atoms with Crippen LogP contribution in [0, 0.1) is 0 Å². The molecule has 0 spiro atoms. The summed E-state index contributed by atoms with van der Waals surface area (Å²) in [5.74, 6) is 0.545. The maximum absolute atomic E-state index is 9.86. The summed E-state index contributed by atoms with van der Waals surface area (Å²) < 4.78 is 5.40. The first kappa shape index (κ1) is 12.1. The molecule has 0 aliphatic heterocycles. The second-order valence-corrected chi connectivity index (χ2v) is 3.37. The van der Waals surface area contributed by atoms with Crippen molar-refractivity contribution in [1.82, 2.24) is 20.2 Å². The lowest BCUT2D eigenvalue weighted by atomic mass is 10.1. The van der Waals surface area contributed by atoms with Gasteiger partial charge in [-0.3, -0.25) is 0 Å². The van der Waals surface area contributed by atoms with Crippen molar-refractivity contribution in [2.24, 2.45) is 7.05 Å². The van der Waals surface area contributed by atoms with E-state index in [-0.39, 0.29) is 6.10 Å². The average Bonchev–Trinajstić information content (AvgIpc) is 2.60. The largest absolute Gasteiger partial charge is 0.390 e. The summed E-state index contributed by atoms with van der Waals surface area (Å²) in [4.78, 5) is 1.38. The van der Waals surface area contributed by atoms with Gasteiger partial charge in [-0.25, -0.2) is 0 Å². The maximum Gasteiger partial charge on any atom is 0.177 e. The Hall–Kier alpha value is -1.01. The van der Waals surface area contributed by atoms with Crippen LogP contribution in [0.1, 0.15) is 26.1 Å². The van der Waals surface area contributed by atoms with Crippen molar-refractivity contribution in [1.29, 1.82) is 0 Å². The SMILES string of the molecule is CCOC(CC)C(O)Cc1nnn(C)n1. The van der Waals surface area contributed by atoms with E-state index >= 15 is 0 Å². The minimum atomic E-state index is -0.570. The minimum absolute atomic E-state index is 0.154. The quantitative estimate of drug-likeness (QED) is 0.717. The van der Waals surface area contributed by atoms with E-state index in [0.717, 1.165) is 6.42 Å². The zero-order valence-electron chi connectivity index (χ0n) is 9.42. The number of nitrogens with zero attached hydrogens (tertiary/aromatic N) is 4. The van der Waals surface area contributed by atoms with E-state index in [9.17, 15) is 5.11 Å². The molecule has 1 aromatic rings. The number of hydrogen-bond acceptors (Lipinski definition) is 5. The maximum atomic E-state index is 9.86. The number of aryl methyl sites for hydroxylation is 1. The van der Waals surface area contributed by atoms with E-state index in [2.05, 4.69) is 15.4 Å². The van der Waals surface area contributed by atoms with Crippen LogP contribution in [0.15, 0.2) is 0 Å². The van der Waals surface area contributed by atoms with Crippen LogP contribution >= 0.6 is 0 Å². The predicted octanol–water partition coefficient (Wildman–Crippen LogP) is -0.0714.